The lowest BCUT2D eigenvalue weighted by Crippen LogP contribution is -2.93. The second-order valence-electron chi connectivity index (χ2n) is 7.48. The minimum Gasteiger partial charge on any atom is -0.495 e. The van der Waals surface area contributed by atoms with Crippen LogP contribution >= 0.6 is 0 Å². The molecule has 29 heavy (non-hydrogen) atoms. The number of nitrogens with one attached hydrogen (secondary N) is 1. The van der Waals surface area contributed by atoms with Crippen molar-refractivity contribution in [2.75, 3.05) is 12.4 Å². The van der Waals surface area contributed by atoms with E-state index in [-0.39, 0.29) is 17.6 Å². The summed E-state index contributed by atoms with van der Waals surface area (Å²) in [5.74, 6) is 0.469. The smallest absolute Gasteiger partial charge is 0.282 e. The van der Waals surface area contributed by atoms with Crippen molar-refractivity contribution < 1.29 is 19.8 Å². The molecule has 0 saturated carbocycles. The summed E-state index contributed by atoms with van der Waals surface area (Å²) in [6, 6.07) is 12.3. The molecule has 0 radical (unpaired) electrons. The lowest BCUT2D eigenvalue weighted by atomic mass is 9.94. The number of methoxy groups -OCH3 is 1. The molecule has 0 bridgehead atoms. The fourth-order valence-electron chi connectivity index (χ4n) is 3.25. The van der Waals surface area contributed by atoms with Crippen molar-refractivity contribution in [1.82, 2.24) is 0 Å². The molecule has 7 nitrogen and oxygen atoms in total. The molecule has 0 unspecified atom stereocenters. The molecule has 7 heteroatoms. The molecule has 2 rings (SSSR count). The van der Waals surface area contributed by atoms with E-state index >= 15 is 0 Å². The van der Waals surface area contributed by atoms with Crippen LogP contribution in [0.2, 0.25) is 0 Å². The Morgan fingerprint density at radius 2 is 1.83 bits per heavy atom. The number of non-ortho nitro benzene ring substituents is 1. The maximum Gasteiger partial charge on any atom is 0.282 e. The summed E-state index contributed by atoms with van der Waals surface area (Å²) in [6.45, 7) is 8.21. The third-order valence-corrected chi connectivity index (χ3v) is 5.05. The van der Waals surface area contributed by atoms with Gasteiger partial charge in [-0.25, -0.2) is 0 Å². The maximum absolute atomic E-state index is 12.8. The summed E-state index contributed by atoms with van der Waals surface area (Å²) < 4.78 is 5.22. The molecule has 2 aromatic carbocycles. The van der Waals surface area contributed by atoms with Crippen LogP contribution in [0.15, 0.2) is 42.5 Å². The van der Waals surface area contributed by atoms with Gasteiger partial charge in [0.1, 0.15) is 11.8 Å². The molecular weight excluding hydrogens is 370 g/mol. The number of anilines is 1. The summed E-state index contributed by atoms with van der Waals surface area (Å²) in [4.78, 5) is 23.3. The van der Waals surface area contributed by atoms with Crippen LogP contribution in [-0.4, -0.2) is 24.0 Å². The fraction of sp³-hybridized carbons (Fsp3) is 0.409. The number of benzene rings is 2. The summed E-state index contributed by atoms with van der Waals surface area (Å²) >= 11 is 0. The normalized spacial score (nSPS) is 13.0. The van der Waals surface area contributed by atoms with Crippen LogP contribution in [0.4, 0.5) is 11.4 Å². The molecule has 0 aliphatic carbocycles. The van der Waals surface area contributed by atoms with E-state index in [4.69, 9.17) is 4.74 Å². The number of nitrogens with two attached hydrogens (primary N) is 1. The van der Waals surface area contributed by atoms with E-state index in [1.165, 1.54) is 36.4 Å². The largest absolute Gasteiger partial charge is 0.495 e. The number of nitro groups is 1. The lowest BCUT2D eigenvalue weighted by Gasteiger charge is -2.23. The van der Waals surface area contributed by atoms with Gasteiger partial charge in [0.2, 0.25) is 0 Å². The zero-order chi connectivity index (χ0) is 21.6. The van der Waals surface area contributed by atoms with Crippen molar-refractivity contribution in [3.05, 3.63) is 63.7 Å². The monoisotopic (exact) mass is 400 g/mol. The van der Waals surface area contributed by atoms with Crippen LogP contribution < -0.4 is 15.4 Å². The SMILES string of the molecule is CCc1ccc([C@H]([NH2+][C@H](C)C(=O)Nc2cc([N+](=O)[O-])ccc2OC)C(C)C)cc1. The molecule has 1 amide bonds. The number of quaternary nitrogens is 1. The van der Waals surface area contributed by atoms with Crippen molar-refractivity contribution in [2.24, 2.45) is 5.92 Å². The maximum atomic E-state index is 12.8. The van der Waals surface area contributed by atoms with Crippen LogP contribution in [0.3, 0.4) is 0 Å². The number of aryl methyl sites for hydroxylation is 1. The predicted octanol–water partition coefficient (Wildman–Crippen LogP) is 3.45. The highest BCUT2D eigenvalue weighted by Crippen LogP contribution is 2.29. The molecule has 2 aromatic rings. The first kappa shape index (κ1) is 22.4. The van der Waals surface area contributed by atoms with Crippen LogP contribution in [0, 0.1) is 16.0 Å². The molecule has 0 saturated heterocycles. The van der Waals surface area contributed by atoms with E-state index in [9.17, 15) is 14.9 Å². The summed E-state index contributed by atoms with van der Waals surface area (Å²) in [6.07, 6.45) is 0.986. The Balaban J connectivity index is 2.16. The molecule has 0 fully saturated rings. The van der Waals surface area contributed by atoms with Gasteiger partial charge in [0.25, 0.3) is 11.6 Å². The highest BCUT2D eigenvalue weighted by molar-refractivity contribution is 5.95. The molecule has 0 aliphatic rings. The van der Waals surface area contributed by atoms with Gasteiger partial charge in [-0.3, -0.25) is 14.9 Å². The van der Waals surface area contributed by atoms with Gasteiger partial charge in [0.15, 0.2) is 6.04 Å². The third kappa shape index (κ3) is 5.77. The van der Waals surface area contributed by atoms with Gasteiger partial charge < -0.3 is 15.4 Å². The van der Waals surface area contributed by atoms with Crippen LogP contribution in [0.1, 0.15) is 44.9 Å². The summed E-state index contributed by atoms with van der Waals surface area (Å²) in [5, 5.41) is 15.8. The van der Waals surface area contributed by atoms with E-state index in [1.807, 2.05) is 12.2 Å². The molecule has 156 valence electrons. The van der Waals surface area contributed by atoms with Crippen molar-refractivity contribution in [3.63, 3.8) is 0 Å². The molecular formula is C22H30N3O4+. The van der Waals surface area contributed by atoms with E-state index in [0.717, 1.165) is 6.42 Å². The van der Waals surface area contributed by atoms with Crippen molar-refractivity contribution >= 4 is 17.3 Å². The molecule has 2 atom stereocenters. The van der Waals surface area contributed by atoms with E-state index in [1.54, 1.807) is 0 Å². The molecule has 0 heterocycles. The van der Waals surface area contributed by atoms with E-state index in [2.05, 4.69) is 50.4 Å². The highest BCUT2D eigenvalue weighted by Gasteiger charge is 2.26. The van der Waals surface area contributed by atoms with Crippen molar-refractivity contribution in [3.8, 4) is 5.75 Å². The number of hydrogen-bond acceptors (Lipinski definition) is 4. The summed E-state index contributed by atoms with van der Waals surface area (Å²) in [5.41, 5.74) is 2.64. The van der Waals surface area contributed by atoms with Crippen LogP contribution in [0.5, 0.6) is 5.75 Å². The molecule has 0 spiro atoms. The molecule has 0 aromatic heterocycles. The van der Waals surface area contributed by atoms with Crippen molar-refractivity contribution in [1.29, 1.82) is 0 Å². The van der Waals surface area contributed by atoms with Crippen molar-refractivity contribution in [2.45, 2.75) is 46.2 Å². The van der Waals surface area contributed by atoms with Gasteiger partial charge in [0, 0.05) is 23.6 Å². The minimum absolute atomic E-state index is 0.103. The predicted molar refractivity (Wildman–Crippen MR) is 113 cm³/mol. The number of rotatable bonds is 9. The first-order valence-electron chi connectivity index (χ1n) is 9.83. The number of carbonyl (C=O) groups excluding carboxylic acids is 1. The third-order valence-electron chi connectivity index (χ3n) is 5.05. The molecule has 0 aliphatic heterocycles. The lowest BCUT2D eigenvalue weighted by molar-refractivity contribution is -0.718. The van der Waals surface area contributed by atoms with E-state index in [0.29, 0.717) is 17.4 Å². The fourth-order valence-corrected chi connectivity index (χ4v) is 3.25. The Kier molecular flexibility index (Phi) is 7.73. The van der Waals surface area contributed by atoms with E-state index < -0.39 is 11.0 Å². The topological polar surface area (TPSA) is 98.1 Å². The van der Waals surface area contributed by atoms with Gasteiger partial charge in [-0.05, 0) is 25.0 Å². The van der Waals surface area contributed by atoms with Gasteiger partial charge >= 0.3 is 0 Å². The zero-order valence-corrected chi connectivity index (χ0v) is 17.6. The van der Waals surface area contributed by atoms with Gasteiger partial charge in [-0.15, -0.1) is 0 Å². The number of nitrogens with zero attached hydrogens (tertiary/aromatic N) is 1. The second-order valence-corrected chi connectivity index (χ2v) is 7.48. The second kappa shape index (κ2) is 10.0. The Labute approximate surface area is 171 Å². The Morgan fingerprint density at radius 3 is 2.34 bits per heavy atom. The Bertz CT molecular complexity index is 850. The molecule has 3 N–H and O–H groups in total. The highest BCUT2D eigenvalue weighted by atomic mass is 16.6. The van der Waals surface area contributed by atoms with Crippen LogP contribution in [0.25, 0.3) is 0 Å². The standard InChI is InChI=1S/C22H29N3O4/c1-6-16-7-9-17(10-8-16)21(14(2)3)23-15(4)22(26)24-19-13-18(25(27)28)11-12-20(19)29-5/h7-15,21,23H,6H2,1-5H3,(H,24,26)/p+1/t15-,21-/m1/s1. The first-order valence-corrected chi connectivity index (χ1v) is 9.83. The first-order chi connectivity index (χ1) is 13.8. The number of amides is 1. The van der Waals surface area contributed by atoms with Gasteiger partial charge in [0.05, 0.1) is 17.7 Å². The Hall–Kier alpha value is -2.93. The zero-order valence-electron chi connectivity index (χ0n) is 17.6. The Morgan fingerprint density at radius 1 is 1.17 bits per heavy atom. The number of hydrogen-bond donors (Lipinski definition) is 2. The average molecular weight is 400 g/mol. The van der Waals surface area contributed by atoms with Crippen LogP contribution in [-0.2, 0) is 11.2 Å². The summed E-state index contributed by atoms with van der Waals surface area (Å²) in [7, 11) is 1.46. The number of ether oxygens (including phenoxy) is 1. The van der Waals surface area contributed by atoms with Gasteiger partial charge in [-0.2, -0.15) is 0 Å². The number of nitro benzene ring substituents is 1. The average Bonchev–Trinajstić information content (AvgIpc) is 2.71. The van der Waals surface area contributed by atoms with Gasteiger partial charge in [-0.1, -0.05) is 45.0 Å². The number of carbonyl (C=O) groups is 1. The quantitative estimate of drug-likeness (QED) is 0.497. The minimum atomic E-state index is -0.501.